The molecule has 0 aliphatic heterocycles. The average molecular weight is 226 g/mol. The van der Waals surface area contributed by atoms with Crippen molar-refractivity contribution in [1.82, 2.24) is 10.2 Å². The van der Waals surface area contributed by atoms with E-state index in [1.165, 1.54) is 0 Å². The number of hydrogen-bond donors (Lipinski definition) is 1. The summed E-state index contributed by atoms with van der Waals surface area (Å²) in [6.45, 7) is 4.18. The Morgan fingerprint density at radius 2 is 2.12 bits per heavy atom. The van der Waals surface area contributed by atoms with Gasteiger partial charge in [-0.05, 0) is 19.4 Å². The lowest BCUT2D eigenvalue weighted by atomic mass is 10.1. The number of nitriles is 1. The van der Waals surface area contributed by atoms with Crippen molar-refractivity contribution >= 4 is 16.6 Å². The van der Waals surface area contributed by atoms with Gasteiger partial charge in [0.1, 0.15) is 6.07 Å². The number of nitrogens with zero attached hydrogens (tertiary/aromatic N) is 3. The number of anilines is 1. The summed E-state index contributed by atoms with van der Waals surface area (Å²) in [4.78, 5) is 0. The lowest BCUT2D eigenvalue weighted by Gasteiger charge is -2.15. The Morgan fingerprint density at radius 1 is 1.35 bits per heavy atom. The van der Waals surface area contributed by atoms with Gasteiger partial charge in [0.25, 0.3) is 0 Å². The second-order valence-corrected chi connectivity index (χ2v) is 4.01. The van der Waals surface area contributed by atoms with Crippen molar-refractivity contribution in [2.45, 2.75) is 26.3 Å². The molecule has 2 aromatic rings. The standard InChI is InChI=1S/C13H14N4/c1-3-9(2)15-13-10-6-4-5-7-11(10)16-17-12(13)8-14/h4-7,9H,3H2,1-2H3,(H,15,16). The maximum absolute atomic E-state index is 9.07. The van der Waals surface area contributed by atoms with Gasteiger partial charge in [-0.3, -0.25) is 0 Å². The zero-order valence-electron chi connectivity index (χ0n) is 9.94. The first kappa shape index (κ1) is 11.3. The molecule has 0 bridgehead atoms. The Bertz CT molecular complexity index is 571. The molecule has 1 N–H and O–H groups in total. The predicted octanol–water partition coefficient (Wildman–Crippen LogP) is 2.71. The van der Waals surface area contributed by atoms with Crippen molar-refractivity contribution in [3.05, 3.63) is 30.0 Å². The normalized spacial score (nSPS) is 12.1. The molecule has 1 atom stereocenters. The van der Waals surface area contributed by atoms with Crippen LogP contribution in [0.1, 0.15) is 26.0 Å². The highest BCUT2D eigenvalue weighted by molar-refractivity contribution is 5.92. The maximum Gasteiger partial charge on any atom is 0.186 e. The maximum atomic E-state index is 9.07. The number of aromatic nitrogens is 2. The fourth-order valence-electron chi connectivity index (χ4n) is 1.63. The monoisotopic (exact) mass is 226 g/mol. The molecule has 0 aliphatic carbocycles. The Morgan fingerprint density at radius 3 is 2.82 bits per heavy atom. The summed E-state index contributed by atoms with van der Waals surface area (Å²) in [5.41, 5.74) is 1.94. The average Bonchev–Trinajstić information content (AvgIpc) is 2.39. The van der Waals surface area contributed by atoms with Crippen LogP contribution < -0.4 is 5.32 Å². The quantitative estimate of drug-likeness (QED) is 0.874. The van der Waals surface area contributed by atoms with Crippen LogP contribution in [0.5, 0.6) is 0 Å². The molecule has 1 aromatic heterocycles. The van der Waals surface area contributed by atoms with Crippen LogP contribution in [-0.2, 0) is 0 Å². The van der Waals surface area contributed by atoms with Crippen molar-refractivity contribution in [2.24, 2.45) is 0 Å². The number of rotatable bonds is 3. The largest absolute Gasteiger partial charge is 0.380 e. The molecule has 1 heterocycles. The number of hydrogen-bond acceptors (Lipinski definition) is 4. The van der Waals surface area contributed by atoms with Gasteiger partial charge in [0.05, 0.1) is 11.2 Å². The van der Waals surface area contributed by atoms with E-state index in [-0.39, 0.29) is 0 Å². The molecule has 86 valence electrons. The zero-order chi connectivity index (χ0) is 12.3. The Kier molecular flexibility index (Phi) is 3.20. The van der Waals surface area contributed by atoms with Crippen LogP contribution in [0.3, 0.4) is 0 Å². The van der Waals surface area contributed by atoms with E-state index in [1.54, 1.807) is 0 Å². The molecule has 1 aromatic carbocycles. The Labute approximate surface area is 100 Å². The highest BCUT2D eigenvalue weighted by Crippen LogP contribution is 2.24. The number of benzene rings is 1. The molecule has 0 saturated carbocycles. The van der Waals surface area contributed by atoms with Crippen molar-refractivity contribution in [3.63, 3.8) is 0 Å². The minimum Gasteiger partial charge on any atom is -0.380 e. The van der Waals surface area contributed by atoms with E-state index in [9.17, 15) is 0 Å². The Balaban J connectivity index is 2.60. The van der Waals surface area contributed by atoms with Gasteiger partial charge in [-0.2, -0.15) is 5.26 Å². The number of nitrogens with one attached hydrogen (secondary N) is 1. The van der Waals surface area contributed by atoms with Gasteiger partial charge in [-0.15, -0.1) is 10.2 Å². The molecule has 4 nitrogen and oxygen atoms in total. The SMILES string of the molecule is CCC(C)Nc1c(C#N)nnc2ccccc12. The van der Waals surface area contributed by atoms with E-state index >= 15 is 0 Å². The molecular weight excluding hydrogens is 212 g/mol. The van der Waals surface area contributed by atoms with Gasteiger partial charge in [0.2, 0.25) is 0 Å². The van der Waals surface area contributed by atoms with Crippen molar-refractivity contribution < 1.29 is 0 Å². The molecule has 4 heteroatoms. The van der Waals surface area contributed by atoms with E-state index in [1.807, 2.05) is 24.3 Å². The third kappa shape index (κ3) is 2.18. The molecule has 0 radical (unpaired) electrons. The van der Waals surface area contributed by atoms with Crippen LogP contribution in [0.2, 0.25) is 0 Å². The minimum atomic E-state index is 0.301. The summed E-state index contributed by atoms with van der Waals surface area (Å²) in [5.74, 6) is 0. The van der Waals surface area contributed by atoms with Crippen molar-refractivity contribution in [2.75, 3.05) is 5.32 Å². The van der Waals surface area contributed by atoms with E-state index in [0.29, 0.717) is 11.7 Å². The van der Waals surface area contributed by atoms with Crippen LogP contribution in [0.25, 0.3) is 10.9 Å². The zero-order valence-corrected chi connectivity index (χ0v) is 9.94. The highest BCUT2D eigenvalue weighted by Gasteiger charge is 2.11. The summed E-state index contributed by atoms with van der Waals surface area (Å²) in [6, 6.07) is 10.1. The molecule has 1 unspecified atom stereocenters. The van der Waals surface area contributed by atoms with Crippen LogP contribution in [0, 0.1) is 11.3 Å². The molecule has 0 aliphatic rings. The Hall–Kier alpha value is -2.15. The topological polar surface area (TPSA) is 61.6 Å². The third-order valence-electron chi connectivity index (χ3n) is 2.78. The van der Waals surface area contributed by atoms with Gasteiger partial charge >= 0.3 is 0 Å². The van der Waals surface area contributed by atoms with Gasteiger partial charge in [-0.25, -0.2) is 0 Å². The molecule has 0 amide bonds. The molecule has 0 fully saturated rings. The van der Waals surface area contributed by atoms with Crippen LogP contribution in [-0.4, -0.2) is 16.2 Å². The van der Waals surface area contributed by atoms with Crippen molar-refractivity contribution in [3.8, 4) is 6.07 Å². The first-order valence-electron chi connectivity index (χ1n) is 5.68. The lowest BCUT2D eigenvalue weighted by molar-refractivity contribution is 0.763. The van der Waals surface area contributed by atoms with Gasteiger partial charge in [0, 0.05) is 11.4 Å². The lowest BCUT2D eigenvalue weighted by Crippen LogP contribution is -2.15. The molecule has 2 rings (SSSR count). The smallest absolute Gasteiger partial charge is 0.186 e. The van der Waals surface area contributed by atoms with Crippen molar-refractivity contribution in [1.29, 1.82) is 5.26 Å². The third-order valence-corrected chi connectivity index (χ3v) is 2.78. The summed E-state index contributed by atoms with van der Waals surface area (Å²) < 4.78 is 0. The van der Waals surface area contributed by atoms with Gasteiger partial charge < -0.3 is 5.32 Å². The highest BCUT2D eigenvalue weighted by atomic mass is 15.1. The van der Waals surface area contributed by atoms with E-state index in [4.69, 9.17) is 5.26 Å². The van der Waals surface area contributed by atoms with Crippen LogP contribution in [0.4, 0.5) is 5.69 Å². The second kappa shape index (κ2) is 4.79. The fraction of sp³-hybridized carbons (Fsp3) is 0.308. The summed E-state index contributed by atoms with van der Waals surface area (Å²) in [7, 11) is 0. The summed E-state index contributed by atoms with van der Waals surface area (Å²) in [6.07, 6.45) is 0.988. The molecule has 0 spiro atoms. The van der Waals surface area contributed by atoms with E-state index in [0.717, 1.165) is 23.0 Å². The fourth-order valence-corrected chi connectivity index (χ4v) is 1.63. The van der Waals surface area contributed by atoms with E-state index in [2.05, 4.69) is 35.4 Å². The molecular formula is C13H14N4. The van der Waals surface area contributed by atoms with Gasteiger partial charge in [-0.1, -0.05) is 25.1 Å². The van der Waals surface area contributed by atoms with Crippen LogP contribution >= 0.6 is 0 Å². The molecule has 0 saturated heterocycles. The summed E-state index contributed by atoms with van der Waals surface area (Å²) >= 11 is 0. The predicted molar refractivity (Wildman–Crippen MR) is 67.6 cm³/mol. The van der Waals surface area contributed by atoms with Crippen LogP contribution in [0.15, 0.2) is 24.3 Å². The first-order valence-corrected chi connectivity index (χ1v) is 5.68. The van der Waals surface area contributed by atoms with Gasteiger partial charge in [0.15, 0.2) is 5.69 Å². The summed E-state index contributed by atoms with van der Waals surface area (Å²) in [5, 5.41) is 21.3. The molecule has 17 heavy (non-hydrogen) atoms. The second-order valence-electron chi connectivity index (χ2n) is 4.01. The minimum absolute atomic E-state index is 0.301. The first-order chi connectivity index (χ1) is 8.26. The van der Waals surface area contributed by atoms with E-state index < -0.39 is 0 Å². The number of fused-ring (bicyclic) bond motifs is 1.